The van der Waals surface area contributed by atoms with Gasteiger partial charge in [-0.05, 0) is 66.1 Å². The number of methoxy groups -OCH3 is 3. The predicted molar refractivity (Wildman–Crippen MR) is 146 cm³/mol. The van der Waals surface area contributed by atoms with Crippen LogP contribution in [-0.4, -0.2) is 33.5 Å². The minimum atomic E-state index is -0.492. The molecule has 0 aromatic heterocycles. The highest BCUT2D eigenvalue weighted by Gasteiger charge is 2.30. The number of thioether (sulfide) groups is 1. The van der Waals surface area contributed by atoms with Crippen molar-refractivity contribution in [1.82, 2.24) is 5.32 Å². The highest BCUT2D eigenvalue weighted by atomic mass is 32.2. The molecule has 0 bridgehead atoms. The quantitative estimate of drug-likeness (QED) is 0.223. The Morgan fingerprint density at radius 3 is 2.43 bits per heavy atom. The zero-order valence-electron chi connectivity index (χ0n) is 20.8. The lowest BCUT2D eigenvalue weighted by atomic mass is 9.95. The fraction of sp³-hybridized carbons (Fsp3) is 0.259. The van der Waals surface area contributed by atoms with Crippen molar-refractivity contribution >= 4 is 29.6 Å². The molecule has 1 aliphatic carbocycles. The number of nitroso groups, excluding NO2 is 1. The third kappa shape index (κ3) is 5.17. The minimum absolute atomic E-state index is 0.142. The van der Waals surface area contributed by atoms with Gasteiger partial charge in [-0.15, -0.1) is 16.7 Å². The van der Waals surface area contributed by atoms with Crippen molar-refractivity contribution in [2.45, 2.75) is 28.7 Å². The molecule has 0 aliphatic heterocycles. The molecular formula is C27H26N2O6S2. The van der Waals surface area contributed by atoms with Crippen LogP contribution in [0.4, 0.5) is 0 Å². The SMILES string of the molecule is COc1cc2c(c(OC)c1OC)-c1ccc(SC)c(=O)cc1[C@@H](NC(=O)c1ccccc1SN=O)CC2. The van der Waals surface area contributed by atoms with E-state index < -0.39 is 6.04 Å². The van der Waals surface area contributed by atoms with E-state index in [0.29, 0.717) is 63.0 Å². The van der Waals surface area contributed by atoms with Crippen LogP contribution in [0.3, 0.4) is 0 Å². The number of benzene rings is 2. The normalized spacial score (nSPS) is 14.0. The third-order valence-corrected chi connectivity index (χ3v) is 7.70. The maximum Gasteiger partial charge on any atom is 0.252 e. The number of carbonyl (C=O) groups excluding carboxylic acids is 1. The first kappa shape index (κ1) is 26.6. The topological polar surface area (TPSA) is 103 Å². The van der Waals surface area contributed by atoms with Crippen LogP contribution in [0.2, 0.25) is 0 Å². The molecule has 8 nitrogen and oxygen atoms in total. The molecule has 1 amide bonds. The van der Waals surface area contributed by atoms with Gasteiger partial charge in [0, 0.05) is 15.0 Å². The molecule has 3 aromatic carbocycles. The van der Waals surface area contributed by atoms with Crippen LogP contribution in [0.25, 0.3) is 11.1 Å². The summed E-state index contributed by atoms with van der Waals surface area (Å²) >= 11 is 2.06. The highest BCUT2D eigenvalue weighted by Crippen LogP contribution is 2.50. The molecule has 3 aromatic rings. The number of fused-ring (bicyclic) bond motifs is 3. The van der Waals surface area contributed by atoms with Gasteiger partial charge >= 0.3 is 0 Å². The molecule has 10 heteroatoms. The number of nitrogens with zero attached hydrogens (tertiary/aromatic N) is 1. The van der Waals surface area contributed by atoms with Crippen LogP contribution >= 0.6 is 23.7 Å². The Balaban J connectivity index is 1.92. The molecule has 37 heavy (non-hydrogen) atoms. The molecule has 0 saturated heterocycles. The van der Waals surface area contributed by atoms with Crippen LogP contribution in [0.1, 0.15) is 33.9 Å². The van der Waals surface area contributed by atoms with Gasteiger partial charge in [0.15, 0.2) is 16.9 Å². The zero-order valence-corrected chi connectivity index (χ0v) is 22.5. The van der Waals surface area contributed by atoms with E-state index in [4.69, 9.17) is 14.2 Å². The average Bonchev–Trinajstić information content (AvgIpc) is 3.16. The fourth-order valence-electron chi connectivity index (χ4n) is 4.63. The van der Waals surface area contributed by atoms with Crippen molar-refractivity contribution in [3.05, 3.63) is 80.4 Å². The van der Waals surface area contributed by atoms with Gasteiger partial charge in [-0.3, -0.25) is 9.59 Å². The summed E-state index contributed by atoms with van der Waals surface area (Å²) < 4.78 is 19.9. The van der Waals surface area contributed by atoms with Gasteiger partial charge < -0.3 is 19.5 Å². The lowest BCUT2D eigenvalue weighted by Crippen LogP contribution is -2.29. The summed E-state index contributed by atoms with van der Waals surface area (Å²) in [6.07, 6.45) is 2.94. The summed E-state index contributed by atoms with van der Waals surface area (Å²) in [6, 6.07) is 13.5. The van der Waals surface area contributed by atoms with E-state index >= 15 is 0 Å². The summed E-state index contributed by atoms with van der Waals surface area (Å²) in [5, 5.41) is 3.09. The summed E-state index contributed by atoms with van der Waals surface area (Å²) in [6.45, 7) is 0. The summed E-state index contributed by atoms with van der Waals surface area (Å²) in [7, 11) is 4.67. The van der Waals surface area contributed by atoms with E-state index in [9.17, 15) is 14.5 Å². The number of ether oxygens (including phenoxy) is 3. The van der Waals surface area contributed by atoms with E-state index in [1.807, 2.05) is 18.4 Å². The zero-order chi connectivity index (χ0) is 26.5. The van der Waals surface area contributed by atoms with E-state index in [0.717, 1.165) is 16.7 Å². The number of hydrogen-bond acceptors (Lipinski definition) is 9. The molecule has 0 spiro atoms. The van der Waals surface area contributed by atoms with Crippen molar-refractivity contribution in [2.75, 3.05) is 27.6 Å². The molecule has 4 rings (SSSR count). The largest absolute Gasteiger partial charge is 0.493 e. The smallest absolute Gasteiger partial charge is 0.252 e. The first-order chi connectivity index (χ1) is 18.0. The minimum Gasteiger partial charge on any atom is -0.493 e. The van der Waals surface area contributed by atoms with E-state index in [-0.39, 0.29) is 11.3 Å². The molecule has 192 valence electrons. The Labute approximate surface area is 223 Å². The van der Waals surface area contributed by atoms with Gasteiger partial charge in [0.1, 0.15) is 0 Å². The summed E-state index contributed by atoms with van der Waals surface area (Å²) in [5.41, 5.74) is 3.35. The van der Waals surface area contributed by atoms with Crippen molar-refractivity contribution < 1.29 is 19.0 Å². The van der Waals surface area contributed by atoms with Gasteiger partial charge in [0.05, 0.1) is 49.8 Å². The predicted octanol–water partition coefficient (Wildman–Crippen LogP) is 5.65. The lowest BCUT2D eigenvalue weighted by molar-refractivity contribution is 0.0932. The monoisotopic (exact) mass is 538 g/mol. The van der Waals surface area contributed by atoms with Crippen molar-refractivity contribution in [1.29, 1.82) is 0 Å². The Kier molecular flexibility index (Phi) is 8.40. The maximum absolute atomic E-state index is 13.4. The second kappa shape index (κ2) is 11.7. The summed E-state index contributed by atoms with van der Waals surface area (Å²) in [5.74, 6) is 1.11. The molecule has 0 heterocycles. The molecular weight excluding hydrogens is 512 g/mol. The van der Waals surface area contributed by atoms with Gasteiger partial charge in [-0.2, -0.15) is 0 Å². The number of carbonyl (C=O) groups is 1. The Morgan fingerprint density at radius 2 is 1.76 bits per heavy atom. The molecule has 0 radical (unpaired) electrons. The Morgan fingerprint density at radius 1 is 1.00 bits per heavy atom. The fourth-order valence-corrected chi connectivity index (χ4v) is 5.57. The molecule has 0 unspecified atom stereocenters. The Hall–Kier alpha value is -3.50. The molecule has 1 aliphatic rings. The second-order valence-electron chi connectivity index (χ2n) is 8.19. The first-order valence-corrected chi connectivity index (χ1v) is 13.4. The number of aryl methyl sites for hydroxylation is 1. The average molecular weight is 539 g/mol. The van der Waals surface area contributed by atoms with Crippen molar-refractivity contribution in [3.8, 4) is 28.4 Å². The second-order valence-corrected chi connectivity index (χ2v) is 9.81. The standard InChI is InChI=1S/C27H26N2O6S2/c1-33-21-13-15-9-11-19(28-27(31)17-7-5-6-8-22(17)37-29-32)18-14-20(30)23(36-4)12-10-16(18)24(15)26(35-3)25(21)34-2/h5-8,10,12-14,19H,9,11H2,1-4H3,(H,28,31)/t19-/m0/s1. The number of nitrogens with one attached hydrogen (secondary N) is 1. The van der Waals surface area contributed by atoms with Crippen LogP contribution < -0.4 is 25.0 Å². The highest BCUT2D eigenvalue weighted by molar-refractivity contribution is 7.98. The molecule has 0 saturated carbocycles. The summed E-state index contributed by atoms with van der Waals surface area (Å²) in [4.78, 5) is 38.4. The maximum atomic E-state index is 13.4. The van der Waals surface area contributed by atoms with E-state index in [2.05, 4.69) is 9.90 Å². The molecule has 1 N–H and O–H groups in total. The van der Waals surface area contributed by atoms with Crippen LogP contribution in [-0.2, 0) is 6.42 Å². The van der Waals surface area contributed by atoms with Crippen LogP contribution in [0.5, 0.6) is 17.2 Å². The lowest BCUT2D eigenvalue weighted by Gasteiger charge is -2.20. The van der Waals surface area contributed by atoms with Gasteiger partial charge in [-0.25, -0.2) is 0 Å². The molecule has 1 atom stereocenters. The van der Waals surface area contributed by atoms with Crippen molar-refractivity contribution in [2.24, 2.45) is 4.58 Å². The van der Waals surface area contributed by atoms with Gasteiger partial charge in [-0.1, -0.05) is 18.2 Å². The van der Waals surface area contributed by atoms with E-state index in [1.165, 1.54) is 11.8 Å². The Bertz CT molecular complexity index is 1410. The number of hydrogen-bond donors (Lipinski definition) is 1. The molecule has 0 fully saturated rings. The van der Waals surface area contributed by atoms with Crippen LogP contribution in [0, 0.1) is 4.91 Å². The van der Waals surface area contributed by atoms with Gasteiger partial charge in [0.2, 0.25) is 5.75 Å². The first-order valence-electron chi connectivity index (χ1n) is 11.4. The van der Waals surface area contributed by atoms with Gasteiger partial charge in [0.25, 0.3) is 5.91 Å². The van der Waals surface area contributed by atoms with Crippen molar-refractivity contribution in [3.63, 3.8) is 0 Å². The number of amides is 1. The van der Waals surface area contributed by atoms with Crippen LogP contribution in [0.15, 0.2) is 67.7 Å². The number of rotatable bonds is 8. The third-order valence-electron chi connectivity index (χ3n) is 6.29. The van der Waals surface area contributed by atoms with E-state index in [1.54, 1.807) is 57.7 Å².